The zero-order valence-electron chi connectivity index (χ0n) is 7.01. The Morgan fingerprint density at radius 1 is 1.42 bits per heavy atom. The Hall–Kier alpha value is -1.51. The van der Waals surface area contributed by atoms with Gasteiger partial charge in [-0.15, -0.1) is 0 Å². The summed E-state index contributed by atoms with van der Waals surface area (Å²) in [5.41, 5.74) is 1.14. The third kappa shape index (κ3) is 1.25. The van der Waals surface area contributed by atoms with Crippen molar-refractivity contribution < 1.29 is 0 Å². The van der Waals surface area contributed by atoms with Crippen LogP contribution in [0.25, 0.3) is 0 Å². The summed E-state index contributed by atoms with van der Waals surface area (Å²) < 4.78 is 0. The maximum Gasteiger partial charge on any atom is 0.0939 e. The van der Waals surface area contributed by atoms with Gasteiger partial charge in [0.15, 0.2) is 0 Å². The van der Waals surface area contributed by atoms with E-state index in [-0.39, 0.29) is 0 Å². The molecule has 12 heavy (non-hydrogen) atoms. The van der Waals surface area contributed by atoms with Crippen molar-refractivity contribution in [2.24, 2.45) is 0 Å². The van der Waals surface area contributed by atoms with E-state index < -0.39 is 0 Å². The van der Waals surface area contributed by atoms with Crippen LogP contribution in [-0.2, 0) is 0 Å². The van der Waals surface area contributed by atoms with E-state index in [1.165, 1.54) is 0 Å². The topological polar surface area (TPSA) is 19.4 Å². The lowest BCUT2D eigenvalue weighted by atomic mass is 10.4. The van der Waals surface area contributed by atoms with Crippen LogP contribution in [0.5, 0.6) is 0 Å². The molecule has 0 bridgehead atoms. The molecule has 0 unspecified atom stereocenters. The number of nitrogens with zero attached hydrogens (tertiary/aromatic N) is 3. The van der Waals surface area contributed by atoms with Gasteiger partial charge in [-0.05, 0) is 12.1 Å². The molecule has 1 aliphatic rings. The highest BCUT2D eigenvalue weighted by molar-refractivity contribution is 5.47. The fourth-order valence-electron chi connectivity index (χ4n) is 1.22. The molecule has 3 nitrogen and oxygen atoms in total. The van der Waals surface area contributed by atoms with E-state index in [2.05, 4.69) is 27.1 Å². The third-order valence-corrected chi connectivity index (χ3v) is 1.85. The molecule has 1 aromatic heterocycles. The predicted octanol–water partition coefficient (Wildman–Crippen LogP) is 1.26. The van der Waals surface area contributed by atoms with E-state index >= 15 is 0 Å². The van der Waals surface area contributed by atoms with Gasteiger partial charge < -0.3 is 9.80 Å². The van der Waals surface area contributed by atoms with Gasteiger partial charge in [0.1, 0.15) is 0 Å². The molecule has 0 saturated carbocycles. The smallest absolute Gasteiger partial charge is 0.0939 e. The quantitative estimate of drug-likeness (QED) is 0.618. The van der Waals surface area contributed by atoms with Crippen LogP contribution >= 0.6 is 0 Å². The molecular weight excluding hydrogens is 150 g/mol. The summed E-state index contributed by atoms with van der Waals surface area (Å²) in [4.78, 5) is 8.32. The van der Waals surface area contributed by atoms with Crippen LogP contribution in [0.1, 0.15) is 0 Å². The number of aromatic nitrogens is 1. The number of pyridine rings is 1. The van der Waals surface area contributed by atoms with Crippen LogP contribution in [0.3, 0.4) is 0 Å². The molecule has 0 aromatic carbocycles. The molecule has 0 N–H and O–H groups in total. The molecule has 0 saturated heterocycles. The van der Waals surface area contributed by atoms with Gasteiger partial charge in [-0.2, -0.15) is 0 Å². The van der Waals surface area contributed by atoms with Crippen LogP contribution in [0.4, 0.5) is 5.69 Å². The molecule has 0 spiro atoms. The standard InChI is InChI=1S/C9H11N3/c1-11-5-6-12(8-11)9-3-2-4-10-7-9/h2-7H,8H2,1H3. The van der Waals surface area contributed by atoms with Crippen molar-refractivity contribution >= 4 is 5.69 Å². The van der Waals surface area contributed by atoms with Gasteiger partial charge in [0, 0.05) is 25.6 Å². The van der Waals surface area contributed by atoms with Gasteiger partial charge in [0.2, 0.25) is 0 Å². The van der Waals surface area contributed by atoms with E-state index in [0.717, 1.165) is 12.4 Å². The summed E-state index contributed by atoms with van der Waals surface area (Å²) in [5, 5.41) is 0. The summed E-state index contributed by atoms with van der Waals surface area (Å²) >= 11 is 0. The van der Waals surface area contributed by atoms with Gasteiger partial charge in [0.25, 0.3) is 0 Å². The van der Waals surface area contributed by atoms with Crippen molar-refractivity contribution in [2.45, 2.75) is 0 Å². The Balaban J connectivity index is 2.18. The van der Waals surface area contributed by atoms with Crippen molar-refractivity contribution in [2.75, 3.05) is 18.6 Å². The Labute approximate surface area is 71.9 Å². The number of hydrogen-bond acceptors (Lipinski definition) is 3. The second kappa shape index (κ2) is 2.85. The monoisotopic (exact) mass is 161 g/mol. The molecule has 1 aromatic rings. The van der Waals surface area contributed by atoms with E-state index in [1.54, 1.807) is 6.20 Å². The van der Waals surface area contributed by atoms with Crippen molar-refractivity contribution in [1.82, 2.24) is 9.88 Å². The minimum Gasteiger partial charge on any atom is -0.361 e. The van der Waals surface area contributed by atoms with E-state index in [1.807, 2.05) is 25.5 Å². The number of anilines is 1. The molecular formula is C9H11N3. The Kier molecular flexibility index (Phi) is 1.70. The first-order valence-corrected chi connectivity index (χ1v) is 3.91. The summed E-state index contributed by atoms with van der Waals surface area (Å²) in [6.45, 7) is 0.908. The molecule has 1 aliphatic heterocycles. The molecule has 0 aliphatic carbocycles. The maximum absolute atomic E-state index is 4.06. The van der Waals surface area contributed by atoms with E-state index in [9.17, 15) is 0 Å². The highest BCUT2D eigenvalue weighted by Crippen LogP contribution is 2.15. The van der Waals surface area contributed by atoms with Crippen molar-refractivity contribution in [3.05, 3.63) is 36.9 Å². The number of rotatable bonds is 1. The van der Waals surface area contributed by atoms with Crippen LogP contribution in [-0.4, -0.2) is 23.6 Å². The minimum atomic E-state index is 0.908. The fourth-order valence-corrected chi connectivity index (χ4v) is 1.22. The fraction of sp³-hybridized carbons (Fsp3) is 0.222. The summed E-state index contributed by atoms with van der Waals surface area (Å²) in [5.74, 6) is 0. The lowest BCUT2D eigenvalue weighted by Gasteiger charge is -2.17. The molecule has 0 fully saturated rings. The molecule has 3 heteroatoms. The van der Waals surface area contributed by atoms with Crippen molar-refractivity contribution in [3.63, 3.8) is 0 Å². The Bertz CT molecular complexity index is 281. The van der Waals surface area contributed by atoms with Gasteiger partial charge in [-0.3, -0.25) is 4.98 Å². The molecule has 0 atom stereocenters. The Morgan fingerprint density at radius 3 is 2.92 bits per heavy atom. The predicted molar refractivity (Wildman–Crippen MR) is 48.5 cm³/mol. The average molecular weight is 161 g/mol. The first-order chi connectivity index (χ1) is 5.86. The van der Waals surface area contributed by atoms with E-state index in [0.29, 0.717) is 0 Å². The van der Waals surface area contributed by atoms with Gasteiger partial charge in [-0.25, -0.2) is 0 Å². The van der Waals surface area contributed by atoms with Crippen LogP contribution in [0.2, 0.25) is 0 Å². The summed E-state index contributed by atoms with van der Waals surface area (Å²) in [6, 6.07) is 4.00. The second-order valence-electron chi connectivity index (χ2n) is 2.88. The normalized spacial score (nSPS) is 15.8. The zero-order chi connectivity index (χ0) is 8.39. The van der Waals surface area contributed by atoms with Crippen LogP contribution in [0, 0.1) is 0 Å². The molecule has 2 heterocycles. The highest BCUT2D eigenvalue weighted by atomic mass is 15.3. The molecule has 2 rings (SSSR count). The lowest BCUT2D eigenvalue weighted by molar-refractivity contribution is 0.495. The molecule has 62 valence electrons. The maximum atomic E-state index is 4.06. The van der Waals surface area contributed by atoms with Crippen LogP contribution < -0.4 is 4.90 Å². The van der Waals surface area contributed by atoms with Crippen molar-refractivity contribution in [1.29, 1.82) is 0 Å². The first kappa shape index (κ1) is 7.16. The van der Waals surface area contributed by atoms with Gasteiger partial charge >= 0.3 is 0 Å². The average Bonchev–Trinajstić information content (AvgIpc) is 2.54. The Morgan fingerprint density at radius 2 is 2.33 bits per heavy atom. The SMILES string of the molecule is CN1C=CN(c2cccnc2)C1. The van der Waals surface area contributed by atoms with Crippen molar-refractivity contribution in [3.8, 4) is 0 Å². The molecule has 0 radical (unpaired) electrons. The highest BCUT2D eigenvalue weighted by Gasteiger charge is 2.09. The minimum absolute atomic E-state index is 0.908. The largest absolute Gasteiger partial charge is 0.361 e. The summed E-state index contributed by atoms with van der Waals surface area (Å²) in [6.07, 6.45) is 7.75. The van der Waals surface area contributed by atoms with Gasteiger partial charge in [-0.1, -0.05) is 0 Å². The zero-order valence-corrected chi connectivity index (χ0v) is 7.01. The molecule has 0 amide bonds. The van der Waals surface area contributed by atoms with Crippen LogP contribution in [0.15, 0.2) is 36.9 Å². The third-order valence-electron chi connectivity index (χ3n) is 1.85. The second-order valence-corrected chi connectivity index (χ2v) is 2.88. The first-order valence-electron chi connectivity index (χ1n) is 3.91. The lowest BCUT2D eigenvalue weighted by Crippen LogP contribution is -2.21. The number of hydrogen-bond donors (Lipinski definition) is 0. The summed E-state index contributed by atoms with van der Waals surface area (Å²) in [7, 11) is 2.05. The van der Waals surface area contributed by atoms with Gasteiger partial charge in [0.05, 0.1) is 18.6 Å². The van der Waals surface area contributed by atoms with E-state index in [4.69, 9.17) is 0 Å².